The van der Waals surface area contributed by atoms with Crippen LogP contribution in [-0.4, -0.2) is 47.1 Å². The first-order valence-corrected chi connectivity index (χ1v) is 7.21. The zero-order valence-electron chi connectivity index (χ0n) is 14.0. The van der Waals surface area contributed by atoms with Gasteiger partial charge in [-0.15, -0.1) is 26.3 Å². The topological polar surface area (TPSA) is 104 Å². The van der Waals surface area contributed by atoms with E-state index in [9.17, 15) is 9.59 Å². The lowest BCUT2D eigenvalue weighted by molar-refractivity contribution is 0.00303. The van der Waals surface area contributed by atoms with Gasteiger partial charge in [0.05, 0.1) is 30.9 Å². The molecule has 6 heteroatoms. The molecule has 2 rings (SSSR count). The molecule has 24 heavy (non-hydrogen) atoms. The maximum Gasteiger partial charge on any atom is 0.346 e. The predicted molar refractivity (Wildman–Crippen MR) is 92.7 cm³/mol. The highest BCUT2D eigenvalue weighted by molar-refractivity contribution is 6.14. The van der Waals surface area contributed by atoms with E-state index in [2.05, 4.69) is 31.1 Å². The van der Waals surface area contributed by atoms with Crippen molar-refractivity contribution >= 4 is 11.9 Å². The van der Waals surface area contributed by atoms with Gasteiger partial charge in [-0.3, -0.25) is 0 Å². The molecule has 1 aromatic carbocycles. The lowest BCUT2D eigenvalue weighted by Gasteiger charge is -2.24. The predicted octanol–water partition coefficient (Wildman–Crippen LogP) is 1.96. The number of carbonyl (C=O) groups is 2. The molecule has 0 spiro atoms. The molecular formula is C18H26O6. The van der Waals surface area contributed by atoms with Crippen LogP contribution in [-0.2, 0) is 4.74 Å². The monoisotopic (exact) mass is 338 g/mol. The minimum atomic E-state index is -0.667. The van der Waals surface area contributed by atoms with Crippen LogP contribution in [0.1, 0.15) is 34.1 Å². The van der Waals surface area contributed by atoms with E-state index >= 15 is 0 Å². The van der Waals surface area contributed by atoms with Crippen LogP contribution in [0.25, 0.3) is 0 Å². The lowest BCUT2D eigenvalue weighted by atomic mass is 9.88. The van der Waals surface area contributed by atoms with Gasteiger partial charge in [0.15, 0.2) is 0 Å². The van der Waals surface area contributed by atoms with Crippen molar-refractivity contribution in [3.8, 4) is 0 Å². The smallest absolute Gasteiger partial charge is 0.346 e. The highest BCUT2D eigenvalue weighted by Gasteiger charge is 2.28. The molecule has 0 aliphatic carbocycles. The van der Waals surface area contributed by atoms with Gasteiger partial charge in [-0.25, -0.2) is 9.59 Å². The normalized spacial score (nSPS) is 11.5. The summed E-state index contributed by atoms with van der Waals surface area (Å²) in [6.45, 7) is 13.4. The van der Waals surface area contributed by atoms with E-state index in [-0.39, 0.29) is 19.8 Å². The average molecular weight is 338 g/mol. The number of hydrogen-bond donors (Lipinski definition) is 3. The van der Waals surface area contributed by atoms with Gasteiger partial charge in [-0.1, -0.05) is 19.1 Å². The number of benzene rings is 1. The fraction of sp³-hybridized carbons (Fsp3) is 0.333. The number of aliphatic hydroxyl groups excluding tert-OH is 3. The van der Waals surface area contributed by atoms with Crippen LogP contribution in [0.4, 0.5) is 0 Å². The highest BCUT2D eigenvalue weighted by Crippen LogP contribution is 2.19. The molecule has 3 N–H and O–H groups in total. The number of cyclic esters (lactones) is 2. The SMILES string of the molecule is C=C.C=C.CCC(CO)(CO)CO.O=C1OC(=O)c2ccccc21. The van der Waals surface area contributed by atoms with E-state index in [4.69, 9.17) is 15.3 Å². The molecule has 0 atom stereocenters. The van der Waals surface area contributed by atoms with E-state index in [1.807, 2.05) is 6.92 Å². The molecule has 6 nitrogen and oxygen atoms in total. The number of fused-ring (bicyclic) bond motifs is 1. The van der Waals surface area contributed by atoms with Crippen LogP contribution in [0.2, 0.25) is 0 Å². The van der Waals surface area contributed by atoms with E-state index in [1.165, 1.54) is 0 Å². The Bertz CT molecular complexity index is 455. The molecule has 1 heterocycles. The third-order valence-electron chi connectivity index (χ3n) is 3.31. The van der Waals surface area contributed by atoms with Gasteiger partial charge in [0.2, 0.25) is 0 Å². The highest BCUT2D eigenvalue weighted by atomic mass is 16.6. The van der Waals surface area contributed by atoms with E-state index in [1.54, 1.807) is 24.3 Å². The molecule has 0 saturated heterocycles. The third-order valence-corrected chi connectivity index (χ3v) is 3.31. The molecule has 0 radical (unpaired) electrons. The van der Waals surface area contributed by atoms with Crippen molar-refractivity contribution in [2.75, 3.05) is 19.8 Å². The molecule has 0 amide bonds. The number of hydrogen-bond acceptors (Lipinski definition) is 6. The van der Waals surface area contributed by atoms with Crippen LogP contribution in [0, 0.1) is 5.41 Å². The maximum atomic E-state index is 10.8. The Morgan fingerprint density at radius 1 is 0.875 bits per heavy atom. The van der Waals surface area contributed by atoms with Crippen molar-refractivity contribution in [3.05, 3.63) is 61.7 Å². The molecule has 0 bridgehead atoms. The minimum Gasteiger partial charge on any atom is -0.396 e. The molecule has 1 aliphatic rings. The number of rotatable bonds is 4. The van der Waals surface area contributed by atoms with E-state index in [0.29, 0.717) is 17.5 Å². The lowest BCUT2D eigenvalue weighted by Crippen LogP contribution is -2.32. The van der Waals surface area contributed by atoms with Crippen molar-refractivity contribution in [3.63, 3.8) is 0 Å². The quantitative estimate of drug-likeness (QED) is 0.440. The summed E-state index contributed by atoms with van der Waals surface area (Å²) in [4.78, 5) is 21.7. The van der Waals surface area contributed by atoms with E-state index in [0.717, 1.165) is 0 Å². The Kier molecular flexibility index (Phi) is 13.2. The molecule has 0 saturated carbocycles. The summed E-state index contributed by atoms with van der Waals surface area (Å²) < 4.78 is 4.35. The van der Waals surface area contributed by atoms with Gasteiger partial charge in [0, 0.05) is 5.41 Å². The fourth-order valence-corrected chi connectivity index (χ4v) is 1.52. The largest absolute Gasteiger partial charge is 0.396 e. The van der Waals surface area contributed by atoms with Gasteiger partial charge < -0.3 is 20.1 Å². The van der Waals surface area contributed by atoms with Crippen molar-refractivity contribution < 1.29 is 29.6 Å². The number of esters is 2. The molecule has 0 unspecified atom stereocenters. The summed E-state index contributed by atoms with van der Waals surface area (Å²) in [6, 6.07) is 6.53. The Labute approximate surface area is 142 Å². The Balaban J connectivity index is 0. The third kappa shape index (κ3) is 6.45. The Morgan fingerprint density at radius 2 is 1.21 bits per heavy atom. The molecular weight excluding hydrogens is 312 g/mol. The second-order valence-electron chi connectivity index (χ2n) is 4.55. The standard InChI is InChI=1S/C8H4O3.C6H14O3.2C2H4/c9-7-5-3-1-2-4-6(5)8(10)11-7;1-2-6(3-7,4-8)5-9;2*1-2/h1-4H;7-9H,2-5H2,1H3;2*1-2H2. The van der Waals surface area contributed by atoms with Gasteiger partial charge in [-0.05, 0) is 18.6 Å². The summed E-state index contributed by atoms with van der Waals surface area (Å²) >= 11 is 0. The summed E-state index contributed by atoms with van der Waals surface area (Å²) in [7, 11) is 0. The zero-order valence-corrected chi connectivity index (χ0v) is 14.0. The van der Waals surface area contributed by atoms with Gasteiger partial charge in [0.25, 0.3) is 0 Å². The summed E-state index contributed by atoms with van der Waals surface area (Å²) in [5.41, 5.74) is 0.0509. The summed E-state index contributed by atoms with van der Waals surface area (Å²) in [5.74, 6) is -1.10. The first-order valence-electron chi connectivity index (χ1n) is 7.21. The van der Waals surface area contributed by atoms with Crippen LogP contribution < -0.4 is 0 Å². The first-order chi connectivity index (χ1) is 11.5. The minimum absolute atomic E-state index is 0.156. The van der Waals surface area contributed by atoms with Crippen molar-refractivity contribution in [2.24, 2.45) is 5.41 Å². The van der Waals surface area contributed by atoms with Crippen molar-refractivity contribution in [1.82, 2.24) is 0 Å². The van der Waals surface area contributed by atoms with Gasteiger partial charge in [-0.2, -0.15) is 0 Å². The summed E-state index contributed by atoms with van der Waals surface area (Å²) in [6.07, 6.45) is 0.594. The Morgan fingerprint density at radius 3 is 1.42 bits per heavy atom. The second-order valence-corrected chi connectivity index (χ2v) is 4.55. The molecule has 134 valence electrons. The average Bonchev–Trinajstić information content (AvgIpc) is 2.96. The number of aliphatic hydroxyl groups is 3. The maximum absolute atomic E-state index is 10.8. The van der Waals surface area contributed by atoms with Crippen LogP contribution >= 0.6 is 0 Å². The molecule has 0 aromatic heterocycles. The van der Waals surface area contributed by atoms with Crippen LogP contribution in [0.5, 0.6) is 0 Å². The number of carbonyl (C=O) groups excluding carboxylic acids is 2. The van der Waals surface area contributed by atoms with Crippen molar-refractivity contribution in [1.29, 1.82) is 0 Å². The second kappa shape index (κ2) is 13.2. The fourth-order valence-electron chi connectivity index (χ4n) is 1.52. The molecule has 1 aliphatic heterocycles. The molecule has 1 aromatic rings. The Hall–Kier alpha value is -2.28. The van der Waals surface area contributed by atoms with E-state index < -0.39 is 17.4 Å². The van der Waals surface area contributed by atoms with Crippen LogP contribution in [0.3, 0.4) is 0 Å². The van der Waals surface area contributed by atoms with Gasteiger partial charge in [0.1, 0.15) is 0 Å². The number of ether oxygens (including phenoxy) is 1. The van der Waals surface area contributed by atoms with Crippen molar-refractivity contribution in [2.45, 2.75) is 13.3 Å². The zero-order chi connectivity index (χ0) is 19.2. The summed E-state index contributed by atoms with van der Waals surface area (Å²) in [5, 5.41) is 26.0. The van der Waals surface area contributed by atoms with Crippen LogP contribution in [0.15, 0.2) is 50.6 Å². The molecule has 0 fully saturated rings. The first kappa shape index (κ1) is 24.0. The van der Waals surface area contributed by atoms with Gasteiger partial charge >= 0.3 is 11.9 Å².